The number of fused-ring (bicyclic) bond motifs is 1. The predicted molar refractivity (Wildman–Crippen MR) is 129 cm³/mol. The van der Waals surface area contributed by atoms with Crippen molar-refractivity contribution in [3.63, 3.8) is 0 Å². The number of thioether (sulfide) groups is 1. The lowest BCUT2D eigenvalue weighted by molar-refractivity contribution is -0.139. The van der Waals surface area contributed by atoms with Gasteiger partial charge < -0.3 is 14.8 Å². The molecular weight excluding hydrogens is 436 g/mol. The summed E-state index contributed by atoms with van der Waals surface area (Å²) < 4.78 is 12.8. The first kappa shape index (κ1) is 22.9. The lowest BCUT2D eigenvalue weighted by Gasteiger charge is -2.28. The van der Waals surface area contributed by atoms with E-state index in [0.29, 0.717) is 34.7 Å². The maximum atomic E-state index is 13.1. The molecule has 0 saturated heterocycles. The number of benzene rings is 2. The molecule has 1 aromatic heterocycles. The molecule has 8 heteroatoms. The summed E-state index contributed by atoms with van der Waals surface area (Å²) in [5, 5.41) is 8.66. The molecule has 1 N–H and O–H groups in total. The maximum Gasteiger partial charge on any atom is 0.338 e. The van der Waals surface area contributed by atoms with E-state index in [-0.39, 0.29) is 5.97 Å². The van der Waals surface area contributed by atoms with Crippen LogP contribution in [0.5, 0.6) is 5.75 Å². The Kier molecular flexibility index (Phi) is 7.34. The van der Waals surface area contributed by atoms with Crippen molar-refractivity contribution in [1.82, 2.24) is 14.8 Å². The van der Waals surface area contributed by atoms with Gasteiger partial charge in [-0.15, -0.1) is 5.10 Å². The summed E-state index contributed by atoms with van der Waals surface area (Å²) in [6, 6.07) is 17.4. The van der Waals surface area contributed by atoms with Crippen LogP contribution in [0.3, 0.4) is 0 Å². The number of carbonyl (C=O) groups is 1. The highest BCUT2D eigenvalue weighted by Crippen LogP contribution is 2.38. The van der Waals surface area contributed by atoms with E-state index in [2.05, 4.69) is 29.4 Å². The molecule has 4 rings (SSSR count). The summed E-state index contributed by atoms with van der Waals surface area (Å²) in [4.78, 5) is 17.8. The Balaban J connectivity index is 1.68. The van der Waals surface area contributed by atoms with Gasteiger partial charge >= 0.3 is 5.97 Å². The molecule has 1 aliphatic heterocycles. The molecule has 2 heterocycles. The van der Waals surface area contributed by atoms with Gasteiger partial charge in [0.2, 0.25) is 11.1 Å². The Morgan fingerprint density at radius 3 is 2.76 bits per heavy atom. The fourth-order valence-electron chi connectivity index (χ4n) is 3.69. The summed E-state index contributed by atoms with van der Waals surface area (Å²) in [6.07, 6.45) is 1.78. The average molecular weight is 465 g/mol. The van der Waals surface area contributed by atoms with Crippen LogP contribution in [-0.2, 0) is 15.3 Å². The third kappa shape index (κ3) is 5.22. The van der Waals surface area contributed by atoms with E-state index in [1.54, 1.807) is 23.6 Å². The zero-order chi connectivity index (χ0) is 23.2. The number of anilines is 1. The molecule has 1 aliphatic rings. The zero-order valence-electron chi connectivity index (χ0n) is 19.1. The largest absolute Gasteiger partial charge is 0.497 e. The van der Waals surface area contributed by atoms with Crippen molar-refractivity contribution in [2.24, 2.45) is 0 Å². The molecular formula is C25H28N4O3S. The number of carbonyl (C=O) groups excluding carboxylic acids is 1. The lowest BCUT2D eigenvalue weighted by atomic mass is 9.95. The van der Waals surface area contributed by atoms with Gasteiger partial charge in [-0.25, -0.2) is 9.48 Å². The topological polar surface area (TPSA) is 78.3 Å². The molecule has 0 aliphatic carbocycles. The highest BCUT2D eigenvalue weighted by molar-refractivity contribution is 7.98. The van der Waals surface area contributed by atoms with Crippen LogP contribution >= 0.6 is 11.8 Å². The number of esters is 1. The number of hydrogen-bond acceptors (Lipinski definition) is 7. The molecule has 1 atom stereocenters. The molecule has 3 aromatic rings. The van der Waals surface area contributed by atoms with E-state index in [9.17, 15) is 4.79 Å². The minimum Gasteiger partial charge on any atom is -0.497 e. The van der Waals surface area contributed by atoms with E-state index in [4.69, 9.17) is 14.6 Å². The normalized spacial score (nSPS) is 15.1. The van der Waals surface area contributed by atoms with Crippen LogP contribution in [0.1, 0.15) is 43.9 Å². The molecule has 1 unspecified atom stereocenters. The van der Waals surface area contributed by atoms with Gasteiger partial charge in [0.05, 0.1) is 19.3 Å². The number of aromatic nitrogens is 3. The SMILES string of the molecule is CCCCOC(=O)C1=C(C)Nc2nc(SCc3ccccc3)nn2C1c1cccc(OC)c1. The first-order valence-corrected chi connectivity index (χ1v) is 12.0. The minimum absolute atomic E-state index is 0.346. The van der Waals surface area contributed by atoms with Crippen molar-refractivity contribution in [2.45, 2.75) is 43.6 Å². The summed E-state index contributed by atoms with van der Waals surface area (Å²) in [5.74, 6) is 1.72. The maximum absolute atomic E-state index is 13.1. The van der Waals surface area contributed by atoms with Crippen LogP contribution in [-0.4, -0.2) is 34.5 Å². The predicted octanol–water partition coefficient (Wildman–Crippen LogP) is 5.21. The quantitative estimate of drug-likeness (QED) is 0.264. The van der Waals surface area contributed by atoms with Crippen LogP contribution in [0.25, 0.3) is 0 Å². The Bertz CT molecular complexity index is 1140. The molecule has 172 valence electrons. The molecule has 7 nitrogen and oxygen atoms in total. The number of methoxy groups -OCH3 is 1. The Hall–Kier alpha value is -3.26. The van der Waals surface area contributed by atoms with Crippen molar-refractivity contribution >= 4 is 23.7 Å². The van der Waals surface area contributed by atoms with Crippen LogP contribution in [0.2, 0.25) is 0 Å². The van der Waals surface area contributed by atoms with Gasteiger partial charge in [0.15, 0.2) is 0 Å². The van der Waals surface area contributed by atoms with Crippen LogP contribution in [0.15, 0.2) is 71.0 Å². The minimum atomic E-state index is -0.468. The van der Waals surface area contributed by atoms with Crippen LogP contribution < -0.4 is 10.1 Å². The van der Waals surface area contributed by atoms with Gasteiger partial charge in [0.1, 0.15) is 11.8 Å². The molecule has 0 amide bonds. The van der Waals surface area contributed by atoms with Crippen molar-refractivity contribution in [3.8, 4) is 5.75 Å². The fourth-order valence-corrected chi connectivity index (χ4v) is 4.47. The number of nitrogens with zero attached hydrogens (tertiary/aromatic N) is 3. The Labute approximate surface area is 198 Å². The molecule has 2 aromatic carbocycles. The van der Waals surface area contributed by atoms with E-state index in [1.807, 2.05) is 49.4 Å². The number of ether oxygens (including phenoxy) is 2. The lowest BCUT2D eigenvalue weighted by Crippen LogP contribution is -2.29. The van der Waals surface area contributed by atoms with Gasteiger partial charge in [-0.1, -0.05) is 67.6 Å². The summed E-state index contributed by atoms with van der Waals surface area (Å²) >= 11 is 1.56. The van der Waals surface area contributed by atoms with Crippen LogP contribution in [0, 0.1) is 0 Å². The Morgan fingerprint density at radius 1 is 1.18 bits per heavy atom. The number of allylic oxidation sites excluding steroid dienone is 1. The molecule has 0 fully saturated rings. The highest BCUT2D eigenvalue weighted by atomic mass is 32.2. The van der Waals surface area contributed by atoms with Gasteiger partial charge in [-0.05, 0) is 36.6 Å². The number of rotatable bonds is 9. The number of hydrogen-bond donors (Lipinski definition) is 1. The first-order chi connectivity index (χ1) is 16.1. The van der Waals surface area contributed by atoms with Gasteiger partial charge in [-0.2, -0.15) is 4.98 Å². The standard InChI is InChI=1S/C25H28N4O3S/c1-4-5-14-32-23(30)21-17(2)26-24-27-25(33-16-18-10-7-6-8-11-18)28-29(24)22(21)19-12-9-13-20(15-19)31-3/h6-13,15,22H,4-5,14,16H2,1-3H3,(H,26,27,28). The smallest absolute Gasteiger partial charge is 0.338 e. The number of nitrogens with one attached hydrogen (secondary N) is 1. The van der Waals surface area contributed by atoms with E-state index >= 15 is 0 Å². The Morgan fingerprint density at radius 2 is 2.00 bits per heavy atom. The third-order valence-corrected chi connectivity index (χ3v) is 6.31. The van der Waals surface area contributed by atoms with Gasteiger partial charge in [0.25, 0.3) is 0 Å². The monoisotopic (exact) mass is 464 g/mol. The second-order valence-electron chi connectivity index (χ2n) is 7.77. The third-order valence-electron chi connectivity index (χ3n) is 5.40. The second-order valence-corrected chi connectivity index (χ2v) is 8.71. The fraction of sp³-hybridized carbons (Fsp3) is 0.320. The van der Waals surface area contributed by atoms with Crippen molar-refractivity contribution in [3.05, 3.63) is 77.0 Å². The molecule has 0 radical (unpaired) electrons. The average Bonchev–Trinajstić information content (AvgIpc) is 3.25. The van der Waals surface area contributed by atoms with Gasteiger partial charge in [-0.3, -0.25) is 0 Å². The first-order valence-electron chi connectivity index (χ1n) is 11.0. The van der Waals surface area contributed by atoms with Crippen molar-refractivity contribution in [1.29, 1.82) is 0 Å². The van der Waals surface area contributed by atoms with Crippen LogP contribution in [0.4, 0.5) is 5.95 Å². The highest BCUT2D eigenvalue weighted by Gasteiger charge is 2.35. The summed E-state index contributed by atoms with van der Waals surface area (Å²) in [5.41, 5.74) is 3.31. The molecule has 0 spiro atoms. The summed E-state index contributed by atoms with van der Waals surface area (Å²) in [6.45, 7) is 4.33. The second kappa shape index (κ2) is 10.6. The number of unbranched alkanes of at least 4 members (excludes halogenated alkanes) is 1. The molecule has 33 heavy (non-hydrogen) atoms. The van der Waals surface area contributed by atoms with E-state index < -0.39 is 6.04 Å². The van der Waals surface area contributed by atoms with Gasteiger partial charge in [0, 0.05) is 11.4 Å². The molecule has 0 saturated carbocycles. The zero-order valence-corrected chi connectivity index (χ0v) is 19.9. The summed E-state index contributed by atoms with van der Waals surface area (Å²) in [7, 11) is 1.63. The van der Waals surface area contributed by atoms with Crippen molar-refractivity contribution < 1.29 is 14.3 Å². The molecule has 0 bridgehead atoms. The van der Waals surface area contributed by atoms with E-state index in [0.717, 1.165) is 24.2 Å². The van der Waals surface area contributed by atoms with E-state index in [1.165, 1.54) is 5.56 Å². The van der Waals surface area contributed by atoms with Crippen molar-refractivity contribution in [2.75, 3.05) is 19.0 Å².